The quantitative estimate of drug-likeness (QED) is 0.327. The fraction of sp³-hybridized carbons (Fsp3) is 0. The van der Waals surface area contributed by atoms with Crippen LogP contribution in [0.3, 0.4) is 0 Å². The van der Waals surface area contributed by atoms with Crippen molar-refractivity contribution in [3.05, 3.63) is 79.9 Å². The van der Waals surface area contributed by atoms with Crippen LogP contribution >= 0.6 is 0 Å². The van der Waals surface area contributed by atoms with Crippen LogP contribution in [-0.2, 0) is 9.59 Å². The summed E-state index contributed by atoms with van der Waals surface area (Å²) in [7, 11) is 0. The van der Waals surface area contributed by atoms with Crippen molar-refractivity contribution >= 4 is 35.6 Å². The fourth-order valence-electron chi connectivity index (χ4n) is 1.80. The Morgan fingerprint density at radius 3 is 1.32 bits per heavy atom. The number of nitro benzene ring substituents is 2. The van der Waals surface area contributed by atoms with E-state index in [0.29, 0.717) is 11.1 Å². The van der Waals surface area contributed by atoms with Crippen LogP contribution in [0, 0.1) is 20.2 Å². The van der Waals surface area contributed by atoms with E-state index in [4.69, 9.17) is 0 Å². The van der Waals surface area contributed by atoms with E-state index in [0.717, 1.165) is 0 Å². The predicted octanol–water partition coefficient (Wildman–Crippen LogP) is 1.10. The van der Waals surface area contributed by atoms with Crippen molar-refractivity contribution < 1.29 is 19.4 Å². The number of carbonyl (C=O) groups excluding carboxylic acids is 2. The molecule has 0 saturated heterocycles. The number of nitrogens with one attached hydrogen (secondary N) is 2. The van der Waals surface area contributed by atoms with Crippen LogP contribution in [0.4, 0.5) is 11.4 Å². The van der Waals surface area contributed by atoms with Gasteiger partial charge in [-0.05, 0) is 35.4 Å². The third-order valence-corrected chi connectivity index (χ3v) is 3.17. The van der Waals surface area contributed by atoms with Crippen molar-refractivity contribution in [3.63, 3.8) is 0 Å². The van der Waals surface area contributed by atoms with Gasteiger partial charge in [-0.3, -0.25) is 29.8 Å². The minimum atomic E-state index is -1.08. The number of carbonyl (C=O) groups is 2. The number of rotatable bonds is 6. The first-order chi connectivity index (χ1) is 13.4. The Morgan fingerprint density at radius 2 is 1.04 bits per heavy atom. The lowest BCUT2D eigenvalue weighted by Crippen LogP contribution is -2.35. The lowest BCUT2D eigenvalue weighted by Gasteiger charge is -1.98. The maximum Gasteiger partial charge on any atom is 0.331 e. The van der Waals surface area contributed by atoms with Crippen molar-refractivity contribution in [2.45, 2.75) is 0 Å². The lowest BCUT2D eigenvalue weighted by atomic mass is 10.2. The zero-order chi connectivity index (χ0) is 20.5. The minimum Gasteiger partial charge on any atom is -0.262 e. The van der Waals surface area contributed by atoms with Gasteiger partial charge < -0.3 is 0 Å². The second-order valence-electron chi connectivity index (χ2n) is 5.10. The smallest absolute Gasteiger partial charge is 0.262 e. The SMILES string of the molecule is O=C(NN=Cc1ccc([N+](=O)[O-])cc1)C(=O)N/N=C/c1ccc([N+](=O)[O-])cc1. The van der Waals surface area contributed by atoms with E-state index >= 15 is 0 Å². The Morgan fingerprint density at radius 1 is 0.714 bits per heavy atom. The fourth-order valence-corrected chi connectivity index (χ4v) is 1.80. The molecule has 0 aromatic heterocycles. The average Bonchev–Trinajstić information content (AvgIpc) is 2.68. The van der Waals surface area contributed by atoms with Crippen LogP contribution in [0.1, 0.15) is 11.1 Å². The molecule has 0 unspecified atom stereocenters. The summed E-state index contributed by atoms with van der Waals surface area (Å²) in [4.78, 5) is 43.1. The van der Waals surface area contributed by atoms with Crippen molar-refractivity contribution in [2.24, 2.45) is 10.2 Å². The zero-order valence-electron chi connectivity index (χ0n) is 14.0. The van der Waals surface area contributed by atoms with Crippen molar-refractivity contribution in [3.8, 4) is 0 Å². The number of non-ortho nitro benzene ring substituents is 2. The van der Waals surface area contributed by atoms with Gasteiger partial charge in [0, 0.05) is 24.3 Å². The van der Waals surface area contributed by atoms with Crippen LogP contribution in [-0.4, -0.2) is 34.1 Å². The summed E-state index contributed by atoms with van der Waals surface area (Å²) in [6.07, 6.45) is 2.41. The number of nitrogens with zero attached hydrogens (tertiary/aromatic N) is 4. The van der Waals surface area contributed by atoms with Gasteiger partial charge in [-0.1, -0.05) is 0 Å². The molecular weight excluding hydrogens is 372 g/mol. The molecule has 0 saturated carbocycles. The number of hydrogen-bond acceptors (Lipinski definition) is 8. The Bertz CT molecular complexity index is 873. The summed E-state index contributed by atoms with van der Waals surface area (Å²) in [5, 5.41) is 28.2. The highest BCUT2D eigenvalue weighted by molar-refractivity contribution is 6.35. The molecule has 0 aliphatic rings. The minimum absolute atomic E-state index is 0.0913. The molecule has 12 nitrogen and oxygen atoms in total. The summed E-state index contributed by atoms with van der Waals surface area (Å²) < 4.78 is 0. The highest BCUT2D eigenvalue weighted by atomic mass is 16.6. The first-order valence-corrected chi connectivity index (χ1v) is 7.52. The maximum atomic E-state index is 11.6. The predicted molar refractivity (Wildman–Crippen MR) is 97.7 cm³/mol. The van der Waals surface area contributed by atoms with Gasteiger partial charge in [-0.2, -0.15) is 10.2 Å². The molecule has 0 fully saturated rings. The molecule has 0 radical (unpaired) electrons. The van der Waals surface area contributed by atoms with E-state index in [-0.39, 0.29) is 11.4 Å². The van der Waals surface area contributed by atoms with E-state index < -0.39 is 21.7 Å². The van der Waals surface area contributed by atoms with Gasteiger partial charge in [-0.25, -0.2) is 10.9 Å². The molecule has 2 amide bonds. The Labute approximate surface area is 156 Å². The topological polar surface area (TPSA) is 169 Å². The van der Waals surface area contributed by atoms with Crippen molar-refractivity contribution in [1.82, 2.24) is 10.9 Å². The molecule has 0 bridgehead atoms. The van der Waals surface area contributed by atoms with E-state index in [1.165, 1.54) is 61.0 Å². The van der Waals surface area contributed by atoms with Crippen LogP contribution < -0.4 is 10.9 Å². The molecule has 0 atom stereocenters. The second kappa shape index (κ2) is 9.28. The van der Waals surface area contributed by atoms with Crippen LogP contribution in [0.2, 0.25) is 0 Å². The number of hydrogen-bond donors (Lipinski definition) is 2. The number of benzene rings is 2. The first kappa shape index (κ1) is 19.8. The van der Waals surface area contributed by atoms with Crippen LogP contribution in [0.15, 0.2) is 58.7 Å². The van der Waals surface area contributed by atoms with E-state index in [9.17, 15) is 29.8 Å². The highest BCUT2D eigenvalue weighted by Crippen LogP contribution is 2.11. The third-order valence-electron chi connectivity index (χ3n) is 3.17. The molecule has 0 aliphatic carbocycles. The van der Waals surface area contributed by atoms with Crippen LogP contribution in [0.5, 0.6) is 0 Å². The molecule has 2 rings (SSSR count). The standard InChI is InChI=1S/C16H12N6O6/c23-15(19-17-9-11-1-5-13(6-2-11)21(25)26)16(24)20-18-10-12-3-7-14(8-4-12)22(27)28/h1-10H,(H,19,23)(H,20,24)/b17-9+,18-10?. The van der Waals surface area contributed by atoms with Crippen LogP contribution in [0.25, 0.3) is 0 Å². The van der Waals surface area contributed by atoms with Crippen molar-refractivity contribution in [2.75, 3.05) is 0 Å². The molecule has 28 heavy (non-hydrogen) atoms. The zero-order valence-corrected chi connectivity index (χ0v) is 14.0. The molecule has 142 valence electrons. The molecule has 2 aromatic rings. The van der Waals surface area contributed by atoms with Gasteiger partial charge in [0.2, 0.25) is 0 Å². The lowest BCUT2D eigenvalue weighted by molar-refractivity contribution is -0.385. The highest BCUT2D eigenvalue weighted by Gasteiger charge is 2.11. The first-order valence-electron chi connectivity index (χ1n) is 7.52. The van der Waals surface area contributed by atoms with Gasteiger partial charge in [0.1, 0.15) is 0 Å². The normalized spacial score (nSPS) is 10.7. The van der Waals surface area contributed by atoms with E-state index in [1.807, 2.05) is 10.9 Å². The maximum absolute atomic E-state index is 11.6. The molecule has 12 heteroatoms. The third kappa shape index (κ3) is 5.80. The molecule has 2 N–H and O–H groups in total. The summed E-state index contributed by atoms with van der Waals surface area (Å²) in [5.41, 5.74) is 4.71. The number of hydrazone groups is 2. The van der Waals surface area contributed by atoms with E-state index in [1.54, 1.807) is 0 Å². The summed E-state index contributed by atoms with van der Waals surface area (Å²) in [6.45, 7) is 0. The summed E-state index contributed by atoms with van der Waals surface area (Å²) in [6, 6.07) is 10.7. The monoisotopic (exact) mass is 384 g/mol. The average molecular weight is 384 g/mol. The van der Waals surface area contributed by atoms with Gasteiger partial charge in [0.15, 0.2) is 0 Å². The molecule has 0 aliphatic heterocycles. The number of nitro groups is 2. The van der Waals surface area contributed by atoms with Gasteiger partial charge in [0.25, 0.3) is 11.4 Å². The summed E-state index contributed by atoms with van der Waals surface area (Å²) in [5.74, 6) is -2.17. The largest absolute Gasteiger partial charge is 0.331 e. The van der Waals surface area contributed by atoms with Gasteiger partial charge in [0.05, 0.1) is 22.3 Å². The summed E-state index contributed by atoms with van der Waals surface area (Å²) >= 11 is 0. The molecule has 0 spiro atoms. The Balaban J connectivity index is 1.82. The number of amides is 2. The van der Waals surface area contributed by atoms with Gasteiger partial charge >= 0.3 is 11.8 Å². The Kier molecular flexibility index (Phi) is 6.58. The Hall–Kier alpha value is -4.48. The molecule has 2 aromatic carbocycles. The molecule has 0 heterocycles. The second-order valence-corrected chi connectivity index (χ2v) is 5.10. The van der Waals surface area contributed by atoms with Gasteiger partial charge in [-0.15, -0.1) is 0 Å². The van der Waals surface area contributed by atoms with E-state index in [2.05, 4.69) is 10.2 Å². The molecular formula is C16H12N6O6. The van der Waals surface area contributed by atoms with Crippen molar-refractivity contribution in [1.29, 1.82) is 0 Å².